The van der Waals surface area contributed by atoms with Gasteiger partial charge in [0, 0.05) is 32.3 Å². The highest BCUT2D eigenvalue weighted by molar-refractivity contribution is 5.76. The fourth-order valence-electron chi connectivity index (χ4n) is 3.12. The molecule has 6 N–H and O–H groups in total. The van der Waals surface area contributed by atoms with Gasteiger partial charge in [-0.3, -0.25) is 4.79 Å². The number of benzene rings is 2. The number of methoxy groups -OCH3 is 1. The van der Waals surface area contributed by atoms with Crippen LogP contribution in [0.2, 0.25) is 0 Å². The number of hydrogen-bond acceptors (Lipinski definition) is 8. The maximum Gasteiger partial charge on any atom is 0.221 e. The fraction of sp³-hybridized carbons (Fsp3) is 0.552. The number of aliphatic hydroxyl groups is 2. The molecule has 0 radical (unpaired) electrons. The number of amides is 1. The molecule has 0 heterocycles. The zero-order chi connectivity index (χ0) is 28.3. The van der Waals surface area contributed by atoms with E-state index in [1.807, 2.05) is 52.0 Å². The van der Waals surface area contributed by atoms with Crippen LogP contribution >= 0.6 is 0 Å². The number of aliphatic hydroxyl groups excluding tert-OH is 2. The Kier molecular flexibility index (Phi) is 17.0. The summed E-state index contributed by atoms with van der Waals surface area (Å²) in [6, 6.07) is 15.7. The smallest absolute Gasteiger partial charge is 0.221 e. The van der Waals surface area contributed by atoms with Crippen molar-refractivity contribution in [3.8, 4) is 11.5 Å². The quantitative estimate of drug-likeness (QED) is 0.209. The zero-order valence-corrected chi connectivity index (χ0v) is 23.5. The van der Waals surface area contributed by atoms with Gasteiger partial charge in [0.15, 0.2) is 0 Å². The molecule has 0 saturated heterocycles. The van der Waals surface area contributed by atoms with E-state index in [0.29, 0.717) is 37.5 Å². The maximum absolute atomic E-state index is 10.7. The van der Waals surface area contributed by atoms with E-state index < -0.39 is 12.2 Å². The number of rotatable bonds is 17. The van der Waals surface area contributed by atoms with Crippen LogP contribution in [0.3, 0.4) is 0 Å². The Morgan fingerprint density at radius 3 is 1.58 bits per heavy atom. The molecule has 0 fully saturated rings. The summed E-state index contributed by atoms with van der Waals surface area (Å²) in [5, 5.41) is 25.7. The van der Waals surface area contributed by atoms with E-state index in [-0.39, 0.29) is 18.9 Å². The fourth-order valence-corrected chi connectivity index (χ4v) is 3.12. The molecule has 0 aliphatic heterocycles. The van der Waals surface area contributed by atoms with E-state index in [4.69, 9.17) is 19.9 Å². The Balaban J connectivity index is 0.000000380. The number of hydrogen-bond donors (Lipinski definition) is 5. The van der Waals surface area contributed by atoms with Crippen LogP contribution in [0.5, 0.6) is 11.5 Å². The predicted octanol–water partition coefficient (Wildman–Crippen LogP) is 2.07. The maximum atomic E-state index is 10.7. The molecule has 2 atom stereocenters. The van der Waals surface area contributed by atoms with Gasteiger partial charge in [-0.1, -0.05) is 52.0 Å². The van der Waals surface area contributed by atoms with Crippen LogP contribution in [0.4, 0.5) is 0 Å². The van der Waals surface area contributed by atoms with Crippen LogP contribution in [0.25, 0.3) is 0 Å². The summed E-state index contributed by atoms with van der Waals surface area (Å²) >= 11 is 0. The van der Waals surface area contributed by atoms with Crippen molar-refractivity contribution in [1.29, 1.82) is 0 Å². The van der Waals surface area contributed by atoms with E-state index in [0.717, 1.165) is 24.3 Å². The molecule has 0 aliphatic rings. The SMILES string of the molecule is CC(C)NCC(O)COc1ccc(CC(N)=O)cc1.COCCc1ccc(OCC(O)CNC(C)C)cc1. The Bertz CT molecular complexity index is 875. The van der Waals surface area contributed by atoms with Gasteiger partial charge in [-0.15, -0.1) is 0 Å². The van der Waals surface area contributed by atoms with E-state index in [2.05, 4.69) is 10.6 Å². The number of nitrogens with two attached hydrogens (primary N) is 1. The van der Waals surface area contributed by atoms with Gasteiger partial charge in [0.25, 0.3) is 0 Å². The van der Waals surface area contributed by atoms with Crippen LogP contribution in [-0.2, 0) is 22.4 Å². The summed E-state index contributed by atoms with van der Waals surface area (Å²) < 4.78 is 16.0. The van der Waals surface area contributed by atoms with Gasteiger partial charge in [-0.05, 0) is 41.8 Å². The minimum Gasteiger partial charge on any atom is -0.491 e. The highest BCUT2D eigenvalue weighted by atomic mass is 16.5. The Hall–Kier alpha value is -2.69. The third kappa shape index (κ3) is 16.9. The predicted molar refractivity (Wildman–Crippen MR) is 151 cm³/mol. The molecule has 2 aromatic rings. The van der Waals surface area contributed by atoms with Gasteiger partial charge in [-0.2, -0.15) is 0 Å². The first kappa shape index (κ1) is 33.3. The molecule has 9 nitrogen and oxygen atoms in total. The summed E-state index contributed by atoms with van der Waals surface area (Å²) in [5.74, 6) is 1.09. The minimum absolute atomic E-state index is 0.223. The molecule has 2 unspecified atom stereocenters. The Labute approximate surface area is 227 Å². The van der Waals surface area contributed by atoms with Crippen LogP contribution in [0, 0.1) is 0 Å². The third-order valence-corrected chi connectivity index (χ3v) is 5.23. The highest BCUT2D eigenvalue weighted by Crippen LogP contribution is 2.14. The molecular weight excluding hydrogens is 486 g/mol. The molecule has 214 valence electrons. The van der Waals surface area contributed by atoms with Crippen molar-refractivity contribution in [2.75, 3.05) is 40.0 Å². The van der Waals surface area contributed by atoms with E-state index in [1.54, 1.807) is 31.4 Å². The lowest BCUT2D eigenvalue weighted by Crippen LogP contribution is -2.35. The normalized spacial score (nSPS) is 12.6. The van der Waals surface area contributed by atoms with Crippen LogP contribution < -0.4 is 25.8 Å². The first-order valence-electron chi connectivity index (χ1n) is 13.1. The van der Waals surface area contributed by atoms with Gasteiger partial charge >= 0.3 is 0 Å². The highest BCUT2D eigenvalue weighted by Gasteiger charge is 2.07. The molecule has 1 amide bonds. The average Bonchev–Trinajstić information content (AvgIpc) is 2.88. The molecular formula is C29H47N3O6. The number of carbonyl (C=O) groups excluding carboxylic acids is 1. The minimum atomic E-state index is -0.548. The molecule has 0 aliphatic carbocycles. The topological polar surface area (TPSA) is 135 Å². The summed E-state index contributed by atoms with van der Waals surface area (Å²) in [6.45, 7) is 10.4. The summed E-state index contributed by atoms with van der Waals surface area (Å²) in [7, 11) is 1.70. The second-order valence-electron chi connectivity index (χ2n) is 9.73. The molecule has 38 heavy (non-hydrogen) atoms. The van der Waals surface area contributed by atoms with E-state index in [9.17, 15) is 15.0 Å². The Morgan fingerprint density at radius 1 is 0.789 bits per heavy atom. The summed E-state index contributed by atoms with van der Waals surface area (Å²) in [6.07, 6.45) is 0.0853. The van der Waals surface area contributed by atoms with Gasteiger partial charge in [-0.25, -0.2) is 0 Å². The monoisotopic (exact) mass is 533 g/mol. The first-order valence-corrected chi connectivity index (χ1v) is 13.1. The lowest BCUT2D eigenvalue weighted by atomic mass is 10.1. The van der Waals surface area contributed by atoms with E-state index >= 15 is 0 Å². The lowest BCUT2D eigenvalue weighted by Gasteiger charge is -2.15. The van der Waals surface area contributed by atoms with Crippen molar-refractivity contribution in [1.82, 2.24) is 10.6 Å². The molecule has 0 spiro atoms. The van der Waals surface area contributed by atoms with Crippen molar-refractivity contribution in [3.63, 3.8) is 0 Å². The average molecular weight is 534 g/mol. The number of carbonyl (C=O) groups is 1. The molecule has 2 aromatic carbocycles. The zero-order valence-electron chi connectivity index (χ0n) is 23.5. The number of nitrogens with one attached hydrogen (secondary N) is 2. The third-order valence-electron chi connectivity index (χ3n) is 5.23. The van der Waals surface area contributed by atoms with Gasteiger partial charge in [0.05, 0.1) is 13.0 Å². The van der Waals surface area contributed by atoms with Gasteiger partial charge < -0.3 is 40.8 Å². The summed E-state index contributed by atoms with van der Waals surface area (Å²) in [5.41, 5.74) is 7.18. The van der Waals surface area contributed by atoms with Crippen LogP contribution in [-0.4, -0.2) is 80.4 Å². The summed E-state index contributed by atoms with van der Waals surface area (Å²) in [4.78, 5) is 10.7. The molecule has 0 aromatic heterocycles. The second-order valence-corrected chi connectivity index (χ2v) is 9.73. The Morgan fingerprint density at radius 2 is 1.21 bits per heavy atom. The van der Waals surface area contributed by atoms with Crippen LogP contribution in [0.15, 0.2) is 48.5 Å². The molecule has 2 rings (SSSR count). The van der Waals surface area contributed by atoms with Crippen molar-refractivity contribution < 1.29 is 29.2 Å². The number of primary amides is 1. The van der Waals surface area contributed by atoms with Crippen LogP contribution in [0.1, 0.15) is 38.8 Å². The lowest BCUT2D eigenvalue weighted by molar-refractivity contribution is -0.117. The van der Waals surface area contributed by atoms with Crippen molar-refractivity contribution in [2.45, 2.75) is 64.8 Å². The number of ether oxygens (including phenoxy) is 3. The van der Waals surface area contributed by atoms with Crippen molar-refractivity contribution in [2.24, 2.45) is 5.73 Å². The van der Waals surface area contributed by atoms with Gasteiger partial charge in [0.2, 0.25) is 5.91 Å². The standard InChI is InChI=1S/C15H25NO3.C14H22N2O3/c1-12(2)16-10-14(17)11-19-15-6-4-13(5-7-15)8-9-18-3;1-10(2)16-8-12(17)9-19-13-5-3-11(4-6-13)7-14(15)18/h4-7,12,14,16-17H,8-11H2,1-3H3;3-6,10,12,16-17H,7-9H2,1-2H3,(H2,15,18). The first-order chi connectivity index (χ1) is 18.1. The second kappa shape index (κ2) is 19.4. The molecule has 9 heteroatoms. The molecule has 0 bridgehead atoms. The molecule has 0 saturated carbocycles. The van der Waals surface area contributed by atoms with Gasteiger partial charge in [0.1, 0.15) is 36.9 Å². The largest absolute Gasteiger partial charge is 0.491 e. The van der Waals surface area contributed by atoms with Crippen molar-refractivity contribution in [3.05, 3.63) is 59.7 Å². The van der Waals surface area contributed by atoms with E-state index in [1.165, 1.54) is 5.56 Å². The van der Waals surface area contributed by atoms with Crippen molar-refractivity contribution >= 4 is 5.91 Å².